The van der Waals surface area contributed by atoms with E-state index in [0.29, 0.717) is 6.04 Å². The molecule has 2 atom stereocenters. The van der Waals surface area contributed by atoms with Crippen LogP contribution >= 0.6 is 0 Å². The molecule has 1 heterocycles. The first-order valence-corrected chi connectivity index (χ1v) is 6.66. The average molecular weight is 262 g/mol. The molecule has 4 heteroatoms. The molecular weight excluding hydrogens is 243 g/mol. The van der Waals surface area contributed by atoms with Gasteiger partial charge >= 0.3 is 0 Å². The molecule has 0 bridgehead atoms. The molecule has 102 valence electrons. The maximum atomic E-state index is 13.3. The Hall–Kier alpha value is -1.60. The number of nitrogens with zero attached hydrogens (tertiary/aromatic N) is 1. The number of rotatable bonds is 3. The Kier molecular flexibility index (Phi) is 4.06. The fraction of sp³-hybridized carbons (Fsp3) is 0.533. The van der Waals surface area contributed by atoms with Crippen molar-refractivity contribution in [3.63, 3.8) is 0 Å². The van der Waals surface area contributed by atoms with Crippen LogP contribution in [0.3, 0.4) is 0 Å². The fourth-order valence-corrected chi connectivity index (χ4v) is 2.44. The largest absolute Gasteiger partial charge is 0.382 e. The quantitative estimate of drug-likeness (QED) is 0.907. The summed E-state index contributed by atoms with van der Waals surface area (Å²) < 4.78 is 19.1. The first-order valence-electron chi connectivity index (χ1n) is 6.66. The molecule has 2 rings (SSSR count). The molecule has 1 aromatic rings. The van der Waals surface area contributed by atoms with Gasteiger partial charge in [-0.2, -0.15) is 5.26 Å². The summed E-state index contributed by atoms with van der Waals surface area (Å²) in [7, 11) is 0. The lowest BCUT2D eigenvalue weighted by Crippen LogP contribution is -2.41. The third-order valence-electron chi connectivity index (χ3n) is 3.80. The fourth-order valence-electron chi connectivity index (χ4n) is 2.44. The minimum absolute atomic E-state index is 0.0790. The van der Waals surface area contributed by atoms with E-state index in [9.17, 15) is 4.39 Å². The van der Waals surface area contributed by atoms with Crippen LogP contribution in [0.25, 0.3) is 0 Å². The number of nitriles is 1. The zero-order chi connectivity index (χ0) is 13.9. The van der Waals surface area contributed by atoms with Gasteiger partial charge in [0.2, 0.25) is 0 Å². The maximum Gasteiger partial charge on any atom is 0.141 e. The van der Waals surface area contributed by atoms with Gasteiger partial charge in [0.1, 0.15) is 11.9 Å². The van der Waals surface area contributed by atoms with Gasteiger partial charge in [-0.05, 0) is 44.4 Å². The molecule has 0 aromatic heterocycles. The monoisotopic (exact) mass is 262 g/mol. The molecule has 1 aliphatic rings. The van der Waals surface area contributed by atoms with Gasteiger partial charge in [-0.25, -0.2) is 4.39 Å². The van der Waals surface area contributed by atoms with E-state index in [1.54, 1.807) is 12.1 Å². The Morgan fingerprint density at radius 3 is 3.05 bits per heavy atom. The summed E-state index contributed by atoms with van der Waals surface area (Å²) in [5.41, 5.74) is 0.784. The van der Waals surface area contributed by atoms with Gasteiger partial charge in [0.15, 0.2) is 0 Å². The van der Waals surface area contributed by atoms with Gasteiger partial charge in [0, 0.05) is 18.3 Å². The Labute approximate surface area is 113 Å². The highest BCUT2D eigenvalue weighted by Gasteiger charge is 2.31. The van der Waals surface area contributed by atoms with Crippen LogP contribution in [0.2, 0.25) is 0 Å². The minimum atomic E-state index is -0.474. The van der Waals surface area contributed by atoms with E-state index < -0.39 is 5.82 Å². The summed E-state index contributed by atoms with van der Waals surface area (Å²) in [5, 5.41) is 12.2. The highest BCUT2D eigenvalue weighted by molar-refractivity contribution is 5.50. The van der Waals surface area contributed by atoms with Crippen LogP contribution in [0.4, 0.5) is 10.1 Å². The first kappa shape index (κ1) is 13.8. The molecule has 2 unspecified atom stereocenters. The molecule has 19 heavy (non-hydrogen) atoms. The van der Waals surface area contributed by atoms with E-state index in [2.05, 4.69) is 19.2 Å². The zero-order valence-electron chi connectivity index (χ0n) is 11.4. The normalized spacial score (nSPS) is 26.7. The molecule has 0 aliphatic carbocycles. The van der Waals surface area contributed by atoms with Crippen molar-refractivity contribution in [1.82, 2.24) is 0 Å². The van der Waals surface area contributed by atoms with Crippen molar-refractivity contribution in [1.29, 1.82) is 5.26 Å². The summed E-state index contributed by atoms with van der Waals surface area (Å²) >= 11 is 0. The standard InChI is InChI=1S/C15H19FN2O/c1-3-15(2)9-13(6-7-19-15)18-12-4-5-14(16)11(8-12)10-17/h4-5,8,13,18H,3,6-7,9H2,1-2H3. The maximum absolute atomic E-state index is 13.3. The first-order chi connectivity index (χ1) is 9.06. The summed E-state index contributed by atoms with van der Waals surface area (Å²) in [6, 6.07) is 6.73. The average Bonchev–Trinajstić information content (AvgIpc) is 2.41. The van der Waals surface area contributed by atoms with Gasteiger partial charge in [-0.1, -0.05) is 6.92 Å². The SMILES string of the molecule is CCC1(C)CC(Nc2ccc(F)c(C#N)c2)CCO1. The van der Waals surface area contributed by atoms with Crippen LogP contribution < -0.4 is 5.32 Å². The van der Waals surface area contributed by atoms with Crippen LogP contribution in [0.5, 0.6) is 0 Å². The molecule has 1 aromatic carbocycles. The molecule has 0 amide bonds. The van der Waals surface area contributed by atoms with Crippen LogP contribution in [-0.4, -0.2) is 18.2 Å². The second-order valence-corrected chi connectivity index (χ2v) is 5.29. The third kappa shape index (κ3) is 3.24. The van der Waals surface area contributed by atoms with Crippen molar-refractivity contribution >= 4 is 5.69 Å². The highest BCUT2D eigenvalue weighted by Crippen LogP contribution is 2.29. The molecule has 0 saturated carbocycles. The van der Waals surface area contributed by atoms with E-state index in [-0.39, 0.29) is 11.2 Å². The number of anilines is 1. The molecule has 1 saturated heterocycles. The topological polar surface area (TPSA) is 45.0 Å². The summed E-state index contributed by atoms with van der Waals surface area (Å²) in [6.45, 7) is 4.97. The molecule has 0 spiro atoms. The van der Waals surface area contributed by atoms with Crippen molar-refractivity contribution in [2.75, 3.05) is 11.9 Å². The molecule has 1 aliphatic heterocycles. The van der Waals surface area contributed by atoms with Gasteiger partial charge in [-0.15, -0.1) is 0 Å². The van der Waals surface area contributed by atoms with Crippen molar-refractivity contribution in [3.05, 3.63) is 29.6 Å². The number of hydrogen-bond acceptors (Lipinski definition) is 3. The summed E-state index contributed by atoms with van der Waals surface area (Å²) in [6.07, 6.45) is 2.82. The molecule has 1 fully saturated rings. The smallest absolute Gasteiger partial charge is 0.141 e. The van der Waals surface area contributed by atoms with Gasteiger partial charge in [-0.3, -0.25) is 0 Å². The molecule has 3 nitrogen and oxygen atoms in total. The minimum Gasteiger partial charge on any atom is -0.382 e. The van der Waals surface area contributed by atoms with E-state index in [4.69, 9.17) is 10.00 Å². The number of ether oxygens (including phenoxy) is 1. The second-order valence-electron chi connectivity index (χ2n) is 5.29. The predicted molar refractivity (Wildman–Crippen MR) is 72.4 cm³/mol. The van der Waals surface area contributed by atoms with E-state index in [0.717, 1.165) is 31.6 Å². The van der Waals surface area contributed by atoms with Crippen LogP contribution in [0, 0.1) is 17.1 Å². The van der Waals surface area contributed by atoms with E-state index in [1.165, 1.54) is 6.07 Å². The van der Waals surface area contributed by atoms with Crippen LogP contribution in [0.1, 0.15) is 38.7 Å². The lowest BCUT2D eigenvalue weighted by atomic mass is 9.90. The second kappa shape index (κ2) is 5.58. The van der Waals surface area contributed by atoms with Gasteiger partial charge < -0.3 is 10.1 Å². The lowest BCUT2D eigenvalue weighted by molar-refractivity contribution is -0.0708. The molecule has 0 radical (unpaired) electrons. The molecular formula is C15H19FN2O. The summed E-state index contributed by atoms with van der Waals surface area (Å²) in [4.78, 5) is 0. The number of hydrogen-bond donors (Lipinski definition) is 1. The highest BCUT2D eigenvalue weighted by atomic mass is 19.1. The Morgan fingerprint density at radius 1 is 1.58 bits per heavy atom. The van der Waals surface area contributed by atoms with Gasteiger partial charge in [0.25, 0.3) is 0 Å². The van der Waals surface area contributed by atoms with Crippen LogP contribution in [-0.2, 0) is 4.74 Å². The van der Waals surface area contributed by atoms with E-state index >= 15 is 0 Å². The number of nitrogens with one attached hydrogen (secondary N) is 1. The summed E-state index contributed by atoms with van der Waals surface area (Å²) in [5.74, 6) is -0.474. The lowest BCUT2D eigenvalue weighted by Gasteiger charge is -2.38. The van der Waals surface area contributed by atoms with Crippen molar-refractivity contribution in [3.8, 4) is 6.07 Å². The zero-order valence-corrected chi connectivity index (χ0v) is 11.4. The Morgan fingerprint density at radius 2 is 2.37 bits per heavy atom. The Balaban J connectivity index is 2.07. The third-order valence-corrected chi connectivity index (χ3v) is 3.80. The van der Waals surface area contributed by atoms with Crippen molar-refractivity contribution in [2.24, 2.45) is 0 Å². The number of benzene rings is 1. The van der Waals surface area contributed by atoms with Gasteiger partial charge in [0.05, 0.1) is 11.2 Å². The Bertz CT molecular complexity index is 497. The predicted octanol–water partition coefficient (Wildman–Crippen LogP) is 3.46. The van der Waals surface area contributed by atoms with Crippen molar-refractivity contribution in [2.45, 2.75) is 44.8 Å². The van der Waals surface area contributed by atoms with Crippen molar-refractivity contribution < 1.29 is 9.13 Å². The van der Waals surface area contributed by atoms with Crippen LogP contribution in [0.15, 0.2) is 18.2 Å². The molecule has 1 N–H and O–H groups in total. The number of halogens is 1. The van der Waals surface area contributed by atoms with E-state index in [1.807, 2.05) is 6.07 Å².